The minimum absolute atomic E-state index is 0.0973. The first-order chi connectivity index (χ1) is 11.8. The molecule has 25 heavy (non-hydrogen) atoms. The molecular weight excluding hydrogens is 340 g/mol. The zero-order chi connectivity index (χ0) is 18.4. The fraction of sp³-hybridized carbons (Fsp3) is 0.556. The van der Waals surface area contributed by atoms with Gasteiger partial charge in [0, 0.05) is 23.4 Å². The van der Waals surface area contributed by atoms with Crippen molar-refractivity contribution in [3.8, 4) is 0 Å². The maximum Gasteiger partial charge on any atom is 0.237 e. The molecule has 3 rings (SSSR count). The molecule has 0 radical (unpaired) electrons. The van der Waals surface area contributed by atoms with Crippen LogP contribution in [-0.4, -0.2) is 51.3 Å². The number of imide groups is 1. The fourth-order valence-corrected chi connectivity index (χ4v) is 5.34. The van der Waals surface area contributed by atoms with E-state index in [1.807, 2.05) is 6.92 Å². The lowest BCUT2D eigenvalue weighted by atomic mass is 9.86. The van der Waals surface area contributed by atoms with Crippen LogP contribution in [0.5, 0.6) is 0 Å². The number of aromatic nitrogens is 1. The number of ketones is 2. The first-order valence-electron chi connectivity index (χ1n) is 8.49. The van der Waals surface area contributed by atoms with E-state index in [1.165, 1.54) is 6.92 Å². The number of carbonyl (C=O) groups excluding carboxylic acids is 4. The van der Waals surface area contributed by atoms with E-state index in [0.717, 1.165) is 10.7 Å². The van der Waals surface area contributed by atoms with Gasteiger partial charge < -0.3 is 4.98 Å². The third kappa shape index (κ3) is 2.84. The lowest BCUT2D eigenvalue weighted by Gasteiger charge is -2.19. The molecule has 2 aliphatic rings. The van der Waals surface area contributed by atoms with Crippen LogP contribution >= 0.6 is 11.8 Å². The summed E-state index contributed by atoms with van der Waals surface area (Å²) in [7, 11) is 0. The van der Waals surface area contributed by atoms with E-state index < -0.39 is 5.41 Å². The lowest BCUT2D eigenvalue weighted by Crippen LogP contribution is -2.39. The van der Waals surface area contributed by atoms with E-state index in [0.29, 0.717) is 41.1 Å². The van der Waals surface area contributed by atoms with Crippen molar-refractivity contribution in [2.45, 2.75) is 40.0 Å². The number of rotatable bonds is 5. The van der Waals surface area contributed by atoms with Crippen LogP contribution < -0.4 is 0 Å². The quantitative estimate of drug-likeness (QED) is 0.641. The van der Waals surface area contributed by atoms with E-state index in [4.69, 9.17) is 0 Å². The smallest absolute Gasteiger partial charge is 0.237 e. The van der Waals surface area contributed by atoms with Crippen molar-refractivity contribution < 1.29 is 19.2 Å². The average Bonchev–Trinajstić information content (AvgIpc) is 3.21. The molecule has 2 fully saturated rings. The van der Waals surface area contributed by atoms with Gasteiger partial charge in [-0.3, -0.25) is 24.1 Å². The van der Waals surface area contributed by atoms with Gasteiger partial charge in [0.05, 0.1) is 17.7 Å². The van der Waals surface area contributed by atoms with Gasteiger partial charge in [-0.2, -0.15) is 11.8 Å². The first-order valence-corrected chi connectivity index (χ1v) is 9.64. The summed E-state index contributed by atoms with van der Waals surface area (Å²) >= 11 is 1.68. The Morgan fingerprint density at radius 3 is 2.60 bits per heavy atom. The highest BCUT2D eigenvalue weighted by Gasteiger charge is 2.53. The van der Waals surface area contributed by atoms with Gasteiger partial charge >= 0.3 is 0 Å². The van der Waals surface area contributed by atoms with Gasteiger partial charge in [-0.25, -0.2) is 0 Å². The van der Waals surface area contributed by atoms with Gasteiger partial charge in [0.1, 0.15) is 0 Å². The molecule has 1 aromatic heterocycles. The number of hydrogen-bond acceptors (Lipinski definition) is 5. The van der Waals surface area contributed by atoms with E-state index in [1.54, 1.807) is 18.7 Å². The normalized spacial score (nSPS) is 23.1. The third-order valence-corrected chi connectivity index (χ3v) is 6.42. The van der Waals surface area contributed by atoms with Crippen molar-refractivity contribution in [1.29, 1.82) is 0 Å². The summed E-state index contributed by atoms with van der Waals surface area (Å²) in [6.07, 6.45) is 1.43. The Balaban J connectivity index is 1.86. The molecule has 1 spiro atoms. The Hall–Kier alpha value is -1.89. The highest BCUT2D eigenvalue weighted by atomic mass is 32.2. The first kappa shape index (κ1) is 17.9. The summed E-state index contributed by atoms with van der Waals surface area (Å²) in [6.45, 7) is 4.85. The van der Waals surface area contributed by atoms with Crippen LogP contribution in [0.15, 0.2) is 0 Å². The Labute approximate surface area is 150 Å². The van der Waals surface area contributed by atoms with Gasteiger partial charge in [0.15, 0.2) is 11.6 Å². The zero-order valence-electron chi connectivity index (χ0n) is 14.7. The summed E-state index contributed by atoms with van der Waals surface area (Å²) in [5, 5.41) is 0. The van der Waals surface area contributed by atoms with E-state index in [9.17, 15) is 19.2 Å². The Morgan fingerprint density at radius 2 is 2.04 bits per heavy atom. The van der Waals surface area contributed by atoms with Crippen LogP contribution in [0.25, 0.3) is 0 Å². The number of nitrogens with one attached hydrogen (secondary N) is 1. The standard InChI is InChI=1S/C18H22N2O4S/c1-4-12-15(11(3)21)10(2)19-16(12)13(22)8-20-14(23)7-18(17(20)24)5-6-25-9-18/h19H,4-9H2,1-3H3/t18-/m0/s1. The largest absolute Gasteiger partial charge is 0.355 e. The maximum absolute atomic E-state index is 12.8. The Kier molecular flexibility index (Phi) is 4.62. The number of aryl methyl sites for hydroxylation is 1. The number of thioether (sulfide) groups is 1. The van der Waals surface area contributed by atoms with E-state index >= 15 is 0 Å². The molecule has 0 aliphatic carbocycles. The monoisotopic (exact) mass is 362 g/mol. The minimum Gasteiger partial charge on any atom is -0.355 e. The lowest BCUT2D eigenvalue weighted by molar-refractivity contribution is -0.140. The molecule has 2 aliphatic heterocycles. The number of likely N-dealkylation sites (tertiary alicyclic amines) is 1. The highest BCUT2D eigenvalue weighted by Crippen LogP contribution is 2.44. The molecule has 1 atom stereocenters. The number of carbonyl (C=O) groups is 4. The van der Waals surface area contributed by atoms with Crippen molar-refractivity contribution in [2.24, 2.45) is 5.41 Å². The van der Waals surface area contributed by atoms with E-state index in [2.05, 4.69) is 4.98 Å². The number of nitrogens with zero attached hydrogens (tertiary/aromatic N) is 1. The number of hydrogen-bond donors (Lipinski definition) is 1. The second-order valence-corrected chi connectivity index (χ2v) is 7.96. The van der Waals surface area contributed by atoms with Crippen molar-refractivity contribution in [2.75, 3.05) is 18.1 Å². The summed E-state index contributed by atoms with van der Waals surface area (Å²) in [5.74, 6) is 0.617. The molecule has 3 heterocycles. The summed E-state index contributed by atoms with van der Waals surface area (Å²) in [5.41, 5.74) is 1.59. The second-order valence-electron chi connectivity index (χ2n) is 6.86. The van der Waals surface area contributed by atoms with Crippen LogP contribution in [-0.2, 0) is 16.0 Å². The molecule has 6 nitrogen and oxygen atoms in total. The molecule has 134 valence electrons. The molecule has 1 aromatic rings. The summed E-state index contributed by atoms with van der Waals surface area (Å²) in [6, 6.07) is 0. The van der Waals surface area contributed by atoms with Crippen molar-refractivity contribution >= 4 is 35.1 Å². The topological polar surface area (TPSA) is 87.3 Å². The van der Waals surface area contributed by atoms with Gasteiger partial charge in [-0.1, -0.05) is 6.92 Å². The zero-order valence-corrected chi connectivity index (χ0v) is 15.5. The molecule has 0 bridgehead atoms. The SMILES string of the molecule is CCc1c(C(=O)CN2C(=O)C[C@]3(CCSC3)C2=O)[nH]c(C)c1C(C)=O. The fourth-order valence-electron chi connectivity index (χ4n) is 3.90. The molecule has 2 amide bonds. The van der Waals surface area contributed by atoms with Gasteiger partial charge in [0.2, 0.25) is 11.8 Å². The highest BCUT2D eigenvalue weighted by molar-refractivity contribution is 7.99. The number of H-pyrrole nitrogens is 1. The maximum atomic E-state index is 12.8. The molecule has 0 aromatic carbocycles. The third-order valence-electron chi connectivity index (χ3n) is 5.17. The predicted molar refractivity (Wildman–Crippen MR) is 95.0 cm³/mol. The number of amides is 2. The molecule has 0 unspecified atom stereocenters. The average molecular weight is 362 g/mol. The Morgan fingerprint density at radius 1 is 1.32 bits per heavy atom. The van der Waals surface area contributed by atoms with Gasteiger partial charge in [-0.15, -0.1) is 0 Å². The van der Waals surface area contributed by atoms with Crippen LogP contribution in [0.3, 0.4) is 0 Å². The van der Waals surface area contributed by atoms with Crippen molar-refractivity contribution in [3.05, 3.63) is 22.5 Å². The predicted octanol–water partition coefficient (Wildman–Crippen LogP) is 2.15. The minimum atomic E-state index is -0.605. The van der Waals surface area contributed by atoms with E-state index in [-0.39, 0.29) is 36.3 Å². The molecule has 1 N–H and O–H groups in total. The Bertz CT molecular complexity index is 774. The van der Waals surface area contributed by atoms with Crippen molar-refractivity contribution in [1.82, 2.24) is 9.88 Å². The van der Waals surface area contributed by atoms with Crippen LogP contribution in [0, 0.1) is 12.3 Å². The molecule has 2 saturated heterocycles. The van der Waals surface area contributed by atoms with Crippen molar-refractivity contribution in [3.63, 3.8) is 0 Å². The van der Waals surface area contributed by atoms with Crippen LogP contribution in [0.2, 0.25) is 0 Å². The molecule has 0 saturated carbocycles. The van der Waals surface area contributed by atoms with Gasteiger partial charge in [-0.05, 0) is 38.0 Å². The van der Waals surface area contributed by atoms with Crippen LogP contribution in [0.4, 0.5) is 0 Å². The molecular formula is C18H22N2O4S. The number of Topliss-reactive ketones (excluding diaryl/α,β-unsaturated/α-hetero) is 2. The van der Waals surface area contributed by atoms with Gasteiger partial charge in [0.25, 0.3) is 0 Å². The molecule has 7 heteroatoms. The van der Waals surface area contributed by atoms with Crippen LogP contribution in [0.1, 0.15) is 58.8 Å². The summed E-state index contributed by atoms with van der Waals surface area (Å²) in [4.78, 5) is 53.8. The number of aromatic amines is 1. The summed E-state index contributed by atoms with van der Waals surface area (Å²) < 4.78 is 0. The second kappa shape index (κ2) is 6.44.